The fourth-order valence-corrected chi connectivity index (χ4v) is 2.82. The Morgan fingerprint density at radius 1 is 1.05 bits per heavy atom. The van der Waals surface area contributed by atoms with E-state index in [1.807, 2.05) is 6.07 Å². The van der Waals surface area contributed by atoms with Crippen molar-refractivity contribution in [2.45, 2.75) is 12.6 Å². The Morgan fingerprint density at radius 2 is 1.77 bits per heavy atom. The van der Waals surface area contributed by atoms with Crippen LogP contribution in [0.25, 0.3) is 11.1 Å². The van der Waals surface area contributed by atoms with Crippen LogP contribution in [-0.2, 0) is 16.0 Å². The molecule has 0 amide bonds. The lowest BCUT2D eigenvalue weighted by atomic mass is 10.0. The minimum Gasteiger partial charge on any atom is -0.378 e. The summed E-state index contributed by atoms with van der Waals surface area (Å²) in [6.07, 6.45) is 0.172. The van der Waals surface area contributed by atoms with Crippen LogP contribution in [0.15, 0.2) is 54.6 Å². The summed E-state index contributed by atoms with van der Waals surface area (Å²) in [5, 5.41) is 0. The van der Waals surface area contributed by atoms with Crippen LogP contribution in [0.5, 0.6) is 0 Å². The molecule has 2 aromatic carbocycles. The van der Waals surface area contributed by atoms with Gasteiger partial charge in [0.2, 0.25) is 0 Å². The van der Waals surface area contributed by atoms with Crippen LogP contribution in [0.2, 0.25) is 0 Å². The maximum absolute atomic E-state index is 5.58. The molecule has 3 nitrogen and oxygen atoms in total. The average Bonchev–Trinajstić information content (AvgIpc) is 2.81. The molecule has 0 N–H and O–H groups in total. The van der Waals surface area contributed by atoms with Gasteiger partial charge in [-0.3, -0.25) is 4.90 Å². The first-order valence-electron chi connectivity index (χ1n) is 7.82. The van der Waals surface area contributed by atoms with Gasteiger partial charge in [0.25, 0.3) is 0 Å². The average molecular weight is 297 g/mol. The third kappa shape index (κ3) is 3.95. The molecule has 1 heterocycles. The monoisotopic (exact) mass is 297 g/mol. The highest BCUT2D eigenvalue weighted by Crippen LogP contribution is 2.20. The Hall–Kier alpha value is -1.68. The molecule has 3 heteroatoms. The molecular formula is C19H23NO2. The van der Waals surface area contributed by atoms with Crippen molar-refractivity contribution >= 4 is 0 Å². The zero-order chi connectivity index (χ0) is 15.2. The second kappa shape index (κ2) is 7.54. The summed E-state index contributed by atoms with van der Waals surface area (Å²) in [6, 6.07) is 19.3. The topological polar surface area (TPSA) is 21.7 Å². The van der Waals surface area contributed by atoms with E-state index in [0.29, 0.717) is 6.61 Å². The first kappa shape index (κ1) is 15.2. The van der Waals surface area contributed by atoms with Crippen LogP contribution in [0.4, 0.5) is 0 Å². The van der Waals surface area contributed by atoms with Gasteiger partial charge < -0.3 is 9.47 Å². The summed E-state index contributed by atoms with van der Waals surface area (Å²) < 4.78 is 11.0. The Bertz CT molecular complexity index is 568. The summed E-state index contributed by atoms with van der Waals surface area (Å²) in [7, 11) is 1.76. The number of nitrogens with zero attached hydrogens (tertiary/aromatic N) is 1. The second-order valence-corrected chi connectivity index (χ2v) is 5.73. The fourth-order valence-electron chi connectivity index (χ4n) is 2.82. The molecule has 1 saturated heterocycles. The summed E-state index contributed by atoms with van der Waals surface area (Å²) in [4.78, 5) is 2.40. The fraction of sp³-hybridized carbons (Fsp3) is 0.368. The predicted molar refractivity (Wildman–Crippen MR) is 88.8 cm³/mol. The molecule has 1 aliphatic heterocycles. The highest BCUT2D eigenvalue weighted by Gasteiger charge is 2.18. The van der Waals surface area contributed by atoms with Crippen LogP contribution in [0, 0.1) is 0 Å². The normalized spacial score (nSPS) is 19.8. The van der Waals surface area contributed by atoms with Gasteiger partial charge >= 0.3 is 0 Å². The number of hydrogen-bond donors (Lipinski definition) is 0. The van der Waals surface area contributed by atoms with Crippen molar-refractivity contribution in [3.63, 3.8) is 0 Å². The molecule has 0 unspecified atom stereocenters. The van der Waals surface area contributed by atoms with Crippen LogP contribution in [0.3, 0.4) is 0 Å². The van der Waals surface area contributed by atoms with E-state index in [9.17, 15) is 0 Å². The van der Waals surface area contributed by atoms with Crippen molar-refractivity contribution in [3.05, 3.63) is 60.2 Å². The lowest BCUT2D eigenvalue weighted by molar-refractivity contribution is 0.0225. The molecule has 0 saturated carbocycles. The van der Waals surface area contributed by atoms with Gasteiger partial charge in [0.15, 0.2) is 0 Å². The van der Waals surface area contributed by atoms with Gasteiger partial charge in [0.1, 0.15) is 0 Å². The quantitative estimate of drug-likeness (QED) is 0.865. The van der Waals surface area contributed by atoms with Gasteiger partial charge in [-0.05, 0) is 16.7 Å². The molecular weight excluding hydrogens is 274 g/mol. The van der Waals surface area contributed by atoms with E-state index >= 15 is 0 Å². The molecule has 1 fully saturated rings. The Kier molecular flexibility index (Phi) is 5.22. The molecule has 0 radical (unpaired) electrons. The summed E-state index contributed by atoms with van der Waals surface area (Å²) in [5.41, 5.74) is 3.85. The third-order valence-electron chi connectivity index (χ3n) is 4.12. The summed E-state index contributed by atoms with van der Waals surface area (Å²) in [5.74, 6) is 0. The molecule has 116 valence electrons. The van der Waals surface area contributed by atoms with Crippen molar-refractivity contribution in [2.24, 2.45) is 0 Å². The number of ether oxygens (including phenoxy) is 2. The minimum absolute atomic E-state index is 0.172. The molecule has 1 atom stereocenters. The second-order valence-electron chi connectivity index (χ2n) is 5.73. The Morgan fingerprint density at radius 3 is 2.50 bits per heavy atom. The first-order chi connectivity index (χ1) is 10.8. The summed E-state index contributed by atoms with van der Waals surface area (Å²) in [6.45, 7) is 4.30. The third-order valence-corrected chi connectivity index (χ3v) is 4.12. The molecule has 0 aliphatic carbocycles. The van der Waals surface area contributed by atoms with Gasteiger partial charge in [0, 0.05) is 26.7 Å². The van der Waals surface area contributed by atoms with E-state index in [2.05, 4.69) is 53.4 Å². The van der Waals surface area contributed by atoms with E-state index in [1.54, 1.807) is 7.11 Å². The standard InChI is InChI=1S/C19H23NO2/c1-21-19-14-20(11-12-22-15-19)13-16-7-9-18(10-8-16)17-5-3-2-4-6-17/h2-10,19H,11-15H2,1H3/t19-/m1/s1. The van der Waals surface area contributed by atoms with E-state index in [0.717, 1.165) is 26.2 Å². The smallest absolute Gasteiger partial charge is 0.0931 e. The maximum atomic E-state index is 5.58. The van der Waals surface area contributed by atoms with Crippen molar-refractivity contribution in [1.29, 1.82) is 0 Å². The number of methoxy groups -OCH3 is 1. The van der Waals surface area contributed by atoms with Gasteiger partial charge in [-0.25, -0.2) is 0 Å². The van der Waals surface area contributed by atoms with Crippen molar-refractivity contribution < 1.29 is 9.47 Å². The predicted octanol–water partition coefficient (Wildman–Crippen LogP) is 3.20. The van der Waals surface area contributed by atoms with E-state index in [4.69, 9.17) is 9.47 Å². The number of rotatable bonds is 4. The van der Waals surface area contributed by atoms with Crippen molar-refractivity contribution in [3.8, 4) is 11.1 Å². The first-order valence-corrected chi connectivity index (χ1v) is 7.82. The van der Waals surface area contributed by atoms with Gasteiger partial charge in [-0.2, -0.15) is 0 Å². The molecule has 0 spiro atoms. The highest BCUT2D eigenvalue weighted by atomic mass is 16.5. The van der Waals surface area contributed by atoms with Gasteiger partial charge in [-0.1, -0.05) is 54.6 Å². The SMILES string of the molecule is CO[C@H]1COCCN(Cc2ccc(-c3ccccc3)cc2)C1. The lowest BCUT2D eigenvalue weighted by Crippen LogP contribution is -2.33. The molecule has 22 heavy (non-hydrogen) atoms. The number of benzene rings is 2. The van der Waals surface area contributed by atoms with Crippen LogP contribution >= 0.6 is 0 Å². The van der Waals surface area contributed by atoms with Gasteiger partial charge in [0.05, 0.1) is 19.3 Å². The molecule has 0 bridgehead atoms. The zero-order valence-corrected chi connectivity index (χ0v) is 13.1. The van der Waals surface area contributed by atoms with E-state index < -0.39 is 0 Å². The molecule has 3 rings (SSSR count). The Balaban J connectivity index is 1.65. The largest absolute Gasteiger partial charge is 0.378 e. The highest BCUT2D eigenvalue weighted by molar-refractivity contribution is 5.63. The molecule has 2 aromatic rings. The maximum Gasteiger partial charge on any atom is 0.0931 e. The van der Waals surface area contributed by atoms with Crippen LogP contribution in [-0.4, -0.2) is 44.4 Å². The van der Waals surface area contributed by atoms with Crippen LogP contribution in [0.1, 0.15) is 5.56 Å². The molecule has 0 aromatic heterocycles. The minimum atomic E-state index is 0.172. The number of hydrogen-bond acceptors (Lipinski definition) is 3. The Labute approximate surface area is 132 Å². The lowest BCUT2D eigenvalue weighted by Gasteiger charge is -2.22. The van der Waals surface area contributed by atoms with Crippen LogP contribution < -0.4 is 0 Å². The summed E-state index contributed by atoms with van der Waals surface area (Å²) >= 11 is 0. The van der Waals surface area contributed by atoms with Crippen molar-refractivity contribution in [1.82, 2.24) is 4.90 Å². The van der Waals surface area contributed by atoms with E-state index in [1.165, 1.54) is 16.7 Å². The van der Waals surface area contributed by atoms with Gasteiger partial charge in [-0.15, -0.1) is 0 Å². The van der Waals surface area contributed by atoms with Crippen molar-refractivity contribution in [2.75, 3.05) is 33.4 Å². The van der Waals surface area contributed by atoms with E-state index in [-0.39, 0.29) is 6.10 Å². The molecule has 1 aliphatic rings. The zero-order valence-electron chi connectivity index (χ0n) is 13.1.